The summed E-state index contributed by atoms with van der Waals surface area (Å²) in [6.07, 6.45) is 0.609. The summed E-state index contributed by atoms with van der Waals surface area (Å²) in [7, 11) is 0. The van der Waals surface area contributed by atoms with Gasteiger partial charge in [0.2, 0.25) is 5.91 Å². The van der Waals surface area contributed by atoms with Crippen LogP contribution in [0.3, 0.4) is 0 Å². The van der Waals surface area contributed by atoms with E-state index in [4.69, 9.17) is 10.8 Å². The number of carboxylic acid groups (broad SMARTS) is 1. The zero-order valence-electron chi connectivity index (χ0n) is 9.30. The van der Waals surface area contributed by atoms with Gasteiger partial charge in [-0.2, -0.15) is 0 Å². The van der Waals surface area contributed by atoms with Crippen molar-refractivity contribution in [2.24, 2.45) is 5.73 Å². The number of rotatable bonds is 4. The van der Waals surface area contributed by atoms with E-state index in [1.807, 2.05) is 6.92 Å². The van der Waals surface area contributed by atoms with Gasteiger partial charge in [0.1, 0.15) is 6.04 Å². The van der Waals surface area contributed by atoms with E-state index in [1.165, 1.54) is 4.90 Å². The number of hydrogen-bond acceptors (Lipinski definition) is 4. The standard InChI is InChI=1S/C10H18N2O4/c1-2-3-7(11)9(14)12-5-6(13)4-8(12)10(15)16/h6-8,13H,2-5,11H2,1H3,(H,15,16)/t6-,7?,8-/m0/s1. The van der Waals surface area contributed by atoms with Crippen molar-refractivity contribution in [2.45, 2.75) is 44.4 Å². The maximum absolute atomic E-state index is 11.8. The molecule has 1 fully saturated rings. The largest absolute Gasteiger partial charge is 0.480 e. The lowest BCUT2D eigenvalue weighted by Crippen LogP contribution is -2.48. The first-order chi connectivity index (χ1) is 7.47. The number of aliphatic carboxylic acids is 1. The summed E-state index contributed by atoms with van der Waals surface area (Å²) in [4.78, 5) is 23.9. The molecule has 0 saturated carbocycles. The van der Waals surface area contributed by atoms with Gasteiger partial charge in [-0.25, -0.2) is 4.79 Å². The van der Waals surface area contributed by atoms with Crippen molar-refractivity contribution in [3.63, 3.8) is 0 Å². The highest BCUT2D eigenvalue weighted by Gasteiger charge is 2.40. The molecule has 6 heteroatoms. The third kappa shape index (κ3) is 2.70. The fraction of sp³-hybridized carbons (Fsp3) is 0.800. The molecule has 0 bridgehead atoms. The highest BCUT2D eigenvalue weighted by Crippen LogP contribution is 2.19. The second-order valence-corrected chi connectivity index (χ2v) is 4.13. The molecule has 0 aromatic carbocycles. The normalized spacial score (nSPS) is 26.8. The fourth-order valence-electron chi connectivity index (χ4n) is 1.94. The maximum atomic E-state index is 11.8. The first kappa shape index (κ1) is 12.9. The first-order valence-corrected chi connectivity index (χ1v) is 5.44. The lowest BCUT2D eigenvalue weighted by molar-refractivity contribution is -0.148. The van der Waals surface area contributed by atoms with Crippen molar-refractivity contribution in [1.29, 1.82) is 0 Å². The quantitative estimate of drug-likeness (QED) is 0.584. The van der Waals surface area contributed by atoms with E-state index < -0.39 is 24.2 Å². The minimum atomic E-state index is -1.09. The van der Waals surface area contributed by atoms with E-state index in [0.29, 0.717) is 6.42 Å². The summed E-state index contributed by atoms with van der Waals surface area (Å²) >= 11 is 0. The Hall–Kier alpha value is -1.14. The number of aliphatic hydroxyl groups is 1. The van der Waals surface area contributed by atoms with E-state index in [-0.39, 0.29) is 18.9 Å². The molecule has 0 aliphatic carbocycles. The number of carboxylic acids is 1. The Bertz CT molecular complexity index is 282. The molecule has 1 saturated heterocycles. The Balaban J connectivity index is 2.70. The van der Waals surface area contributed by atoms with Crippen LogP contribution >= 0.6 is 0 Å². The molecule has 0 aromatic rings. The molecule has 6 nitrogen and oxygen atoms in total. The molecule has 3 atom stereocenters. The Labute approximate surface area is 94.0 Å². The smallest absolute Gasteiger partial charge is 0.326 e. The second kappa shape index (κ2) is 5.27. The Morgan fingerprint density at radius 3 is 2.69 bits per heavy atom. The van der Waals surface area contributed by atoms with Gasteiger partial charge in [-0.05, 0) is 6.42 Å². The van der Waals surface area contributed by atoms with Crippen LogP contribution in [0.4, 0.5) is 0 Å². The highest BCUT2D eigenvalue weighted by molar-refractivity contribution is 5.87. The summed E-state index contributed by atoms with van der Waals surface area (Å²) in [5.74, 6) is -1.47. The Morgan fingerprint density at radius 1 is 1.56 bits per heavy atom. The number of β-amino-alcohol motifs (C(OH)–C–C–N with tert-alkyl or cyclic N) is 1. The lowest BCUT2D eigenvalue weighted by Gasteiger charge is -2.24. The van der Waals surface area contributed by atoms with Crippen LogP contribution in [-0.2, 0) is 9.59 Å². The highest BCUT2D eigenvalue weighted by atomic mass is 16.4. The summed E-state index contributed by atoms with van der Waals surface area (Å²) in [5.41, 5.74) is 5.65. The van der Waals surface area contributed by atoms with E-state index >= 15 is 0 Å². The van der Waals surface area contributed by atoms with Gasteiger partial charge >= 0.3 is 5.97 Å². The molecule has 1 rings (SSSR count). The van der Waals surface area contributed by atoms with Gasteiger partial charge in [-0.1, -0.05) is 13.3 Å². The molecule has 1 aliphatic rings. The Morgan fingerprint density at radius 2 is 2.19 bits per heavy atom. The number of aliphatic hydroxyl groups excluding tert-OH is 1. The predicted octanol–water partition coefficient (Wildman–Crippen LogP) is -0.840. The molecule has 0 aromatic heterocycles. The summed E-state index contributed by atoms with van der Waals surface area (Å²) < 4.78 is 0. The molecule has 1 unspecified atom stereocenters. The molecular weight excluding hydrogens is 212 g/mol. The van der Waals surface area contributed by atoms with Crippen LogP contribution in [0.5, 0.6) is 0 Å². The Kier molecular flexibility index (Phi) is 4.26. The third-order valence-corrected chi connectivity index (χ3v) is 2.76. The molecule has 4 N–H and O–H groups in total. The van der Waals surface area contributed by atoms with Crippen molar-refractivity contribution in [3.8, 4) is 0 Å². The number of amides is 1. The number of hydrogen-bond donors (Lipinski definition) is 3. The van der Waals surface area contributed by atoms with E-state index in [2.05, 4.69) is 0 Å². The van der Waals surface area contributed by atoms with Crippen molar-refractivity contribution in [3.05, 3.63) is 0 Å². The van der Waals surface area contributed by atoms with Gasteiger partial charge in [-0.3, -0.25) is 4.79 Å². The van der Waals surface area contributed by atoms with Crippen LogP contribution in [0.25, 0.3) is 0 Å². The van der Waals surface area contributed by atoms with Crippen LogP contribution in [0.2, 0.25) is 0 Å². The van der Waals surface area contributed by atoms with Crippen molar-refractivity contribution >= 4 is 11.9 Å². The molecule has 0 radical (unpaired) electrons. The second-order valence-electron chi connectivity index (χ2n) is 4.13. The molecule has 1 heterocycles. The number of nitrogens with two attached hydrogens (primary N) is 1. The lowest BCUT2D eigenvalue weighted by atomic mass is 10.1. The summed E-state index contributed by atoms with van der Waals surface area (Å²) in [5, 5.41) is 18.3. The first-order valence-electron chi connectivity index (χ1n) is 5.44. The molecule has 0 spiro atoms. The SMILES string of the molecule is CCCC(N)C(=O)N1C[C@@H](O)C[C@H]1C(=O)O. The van der Waals surface area contributed by atoms with Gasteiger partial charge < -0.3 is 20.8 Å². The van der Waals surface area contributed by atoms with Crippen molar-refractivity contribution in [1.82, 2.24) is 4.90 Å². The van der Waals surface area contributed by atoms with Crippen LogP contribution in [0.1, 0.15) is 26.2 Å². The average Bonchev–Trinajstić information content (AvgIpc) is 2.59. The van der Waals surface area contributed by atoms with Crippen LogP contribution in [0, 0.1) is 0 Å². The molecular formula is C10H18N2O4. The van der Waals surface area contributed by atoms with Crippen molar-refractivity contribution < 1.29 is 19.8 Å². The predicted molar refractivity (Wildman–Crippen MR) is 56.6 cm³/mol. The number of carbonyl (C=O) groups is 2. The zero-order chi connectivity index (χ0) is 12.3. The van der Waals surface area contributed by atoms with Crippen LogP contribution in [0.15, 0.2) is 0 Å². The molecule has 1 amide bonds. The topological polar surface area (TPSA) is 104 Å². The van der Waals surface area contributed by atoms with Gasteiger partial charge in [-0.15, -0.1) is 0 Å². The van der Waals surface area contributed by atoms with Crippen LogP contribution < -0.4 is 5.73 Å². The fourth-order valence-corrected chi connectivity index (χ4v) is 1.94. The summed E-state index contributed by atoms with van der Waals surface area (Å²) in [6.45, 7) is 1.97. The minimum absolute atomic E-state index is 0.0627. The number of nitrogens with zero attached hydrogens (tertiary/aromatic N) is 1. The molecule has 16 heavy (non-hydrogen) atoms. The van der Waals surface area contributed by atoms with Gasteiger partial charge in [0.25, 0.3) is 0 Å². The monoisotopic (exact) mass is 230 g/mol. The van der Waals surface area contributed by atoms with Gasteiger partial charge in [0, 0.05) is 13.0 Å². The van der Waals surface area contributed by atoms with Crippen molar-refractivity contribution in [2.75, 3.05) is 6.54 Å². The summed E-state index contributed by atoms with van der Waals surface area (Å²) in [6, 6.07) is -1.61. The molecule has 92 valence electrons. The number of likely N-dealkylation sites (tertiary alicyclic amines) is 1. The van der Waals surface area contributed by atoms with Gasteiger partial charge in [0.05, 0.1) is 12.1 Å². The molecule has 1 aliphatic heterocycles. The number of carbonyl (C=O) groups excluding carboxylic acids is 1. The van der Waals surface area contributed by atoms with E-state index in [1.54, 1.807) is 0 Å². The third-order valence-electron chi connectivity index (χ3n) is 2.76. The zero-order valence-corrected chi connectivity index (χ0v) is 9.30. The minimum Gasteiger partial charge on any atom is -0.480 e. The van der Waals surface area contributed by atoms with Gasteiger partial charge in [0.15, 0.2) is 0 Å². The average molecular weight is 230 g/mol. The van der Waals surface area contributed by atoms with E-state index in [0.717, 1.165) is 6.42 Å². The van der Waals surface area contributed by atoms with Crippen LogP contribution in [-0.4, -0.2) is 51.7 Å². The van der Waals surface area contributed by atoms with E-state index in [9.17, 15) is 14.7 Å². The maximum Gasteiger partial charge on any atom is 0.326 e.